The van der Waals surface area contributed by atoms with E-state index in [0.717, 1.165) is 5.56 Å². The van der Waals surface area contributed by atoms with Crippen LogP contribution >= 0.6 is 11.6 Å². The van der Waals surface area contributed by atoms with E-state index in [-0.39, 0.29) is 11.3 Å². The molecule has 2 rings (SSSR count). The Hall–Kier alpha value is -2.40. The molecule has 0 fully saturated rings. The van der Waals surface area contributed by atoms with Crippen LogP contribution in [-0.2, 0) is 0 Å². The summed E-state index contributed by atoms with van der Waals surface area (Å²) in [6.45, 7) is 1.88. The van der Waals surface area contributed by atoms with Gasteiger partial charge >= 0.3 is 5.97 Å². The van der Waals surface area contributed by atoms with Crippen LogP contribution in [0.25, 0.3) is 0 Å². The minimum Gasteiger partial charge on any atom is -0.477 e. The number of halogens is 1. The first-order chi connectivity index (χ1) is 9.47. The van der Waals surface area contributed by atoms with Crippen LogP contribution in [0.1, 0.15) is 26.4 Å². The minimum atomic E-state index is -1.14. The second-order valence-electron chi connectivity index (χ2n) is 4.17. The van der Waals surface area contributed by atoms with Crippen LogP contribution in [0, 0.1) is 6.92 Å². The summed E-state index contributed by atoms with van der Waals surface area (Å²) in [4.78, 5) is 26.4. The van der Waals surface area contributed by atoms with E-state index in [9.17, 15) is 9.59 Å². The molecule has 1 heterocycles. The Morgan fingerprint density at radius 2 is 2.00 bits per heavy atom. The molecule has 20 heavy (non-hydrogen) atoms. The maximum absolute atomic E-state index is 12.0. The minimum absolute atomic E-state index is 0.116. The third-order valence-electron chi connectivity index (χ3n) is 2.61. The van der Waals surface area contributed by atoms with E-state index in [1.54, 1.807) is 12.1 Å². The molecule has 2 aromatic rings. The number of amides is 1. The van der Waals surface area contributed by atoms with Crippen LogP contribution in [0.2, 0.25) is 5.02 Å². The molecule has 1 amide bonds. The van der Waals surface area contributed by atoms with Gasteiger partial charge in [-0.15, -0.1) is 0 Å². The average Bonchev–Trinajstić information content (AvgIpc) is 2.43. The molecule has 0 aliphatic carbocycles. The number of nitrogens with zero attached hydrogens (tertiary/aromatic N) is 1. The summed E-state index contributed by atoms with van der Waals surface area (Å²) in [6, 6.07) is 7.95. The van der Waals surface area contributed by atoms with Crippen molar-refractivity contribution in [3.05, 3.63) is 58.4 Å². The van der Waals surface area contributed by atoms with Gasteiger partial charge in [-0.25, -0.2) is 9.78 Å². The molecule has 2 N–H and O–H groups in total. The van der Waals surface area contributed by atoms with E-state index < -0.39 is 11.9 Å². The molecule has 0 radical (unpaired) electrons. The second-order valence-corrected chi connectivity index (χ2v) is 4.58. The number of pyridine rings is 1. The smallest absolute Gasteiger partial charge is 0.354 e. The predicted octanol–water partition coefficient (Wildman–Crippen LogP) is 2.99. The summed E-state index contributed by atoms with van der Waals surface area (Å²) in [5, 5.41) is 11.8. The first-order valence-electron chi connectivity index (χ1n) is 5.74. The number of aromatic nitrogens is 1. The lowest BCUT2D eigenvalue weighted by Gasteiger charge is -2.08. The van der Waals surface area contributed by atoms with Crippen molar-refractivity contribution in [3.8, 4) is 0 Å². The van der Waals surface area contributed by atoms with Gasteiger partial charge in [-0.1, -0.05) is 17.7 Å². The van der Waals surface area contributed by atoms with Crippen molar-refractivity contribution >= 4 is 29.2 Å². The van der Waals surface area contributed by atoms with E-state index >= 15 is 0 Å². The molecular formula is C14H11ClN2O3. The van der Waals surface area contributed by atoms with Crippen molar-refractivity contribution in [2.24, 2.45) is 0 Å². The summed E-state index contributed by atoms with van der Waals surface area (Å²) < 4.78 is 0. The Balaban J connectivity index is 2.19. The number of hydrogen-bond acceptors (Lipinski definition) is 3. The number of carboxylic acids is 1. The molecule has 0 aliphatic heterocycles. The first-order valence-corrected chi connectivity index (χ1v) is 6.12. The molecule has 5 nitrogen and oxygen atoms in total. The van der Waals surface area contributed by atoms with Crippen LogP contribution in [0.3, 0.4) is 0 Å². The molecule has 1 aromatic carbocycles. The molecule has 0 saturated heterocycles. The van der Waals surface area contributed by atoms with Crippen molar-refractivity contribution in [2.75, 3.05) is 5.32 Å². The zero-order valence-electron chi connectivity index (χ0n) is 10.6. The van der Waals surface area contributed by atoms with Crippen LogP contribution in [0.15, 0.2) is 36.5 Å². The highest BCUT2D eigenvalue weighted by atomic mass is 35.5. The van der Waals surface area contributed by atoms with Gasteiger partial charge in [0.25, 0.3) is 5.91 Å². The fourth-order valence-corrected chi connectivity index (χ4v) is 1.75. The average molecular weight is 291 g/mol. The normalized spacial score (nSPS) is 10.1. The third-order valence-corrected chi connectivity index (χ3v) is 2.94. The molecule has 0 bridgehead atoms. The third kappa shape index (κ3) is 3.13. The van der Waals surface area contributed by atoms with Crippen molar-refractivity contribution < 1.29 is 14.7 Å². The molecule has 6 heteroatoms. The zero-order chi connectivity index (χ0) is 14.7. The number of aryl methyl sites for hydroxylation is 1. The van der Waals surface area contributed by atoms with E-state index in [4.69, 9.17) is 16.7 Å². The lowest BCUT2D eigenvalue weighted by atomic mass is 10.2. The fourth-order valence-electron chi connectivity index (χ4n) is 1.58. The van der Waals surface area contributed by atoms with Gasteiger partial charge in [0.05, 0.1) is 16.3 Å². The maximum Gasteiger partial charge on any atom is 0.354 e. The summed E-state index contributed by atoms with van der Waals surface area (Å²) in [5.41, 5.74) is 1.60. The van der Waals surface area contributed by atoms with Gasteiger partial charge in [0.15, 0.2) is 0 Å². The monoisotopic (exact) mass is 290 g/mol. The van der Waals surface area contributed by atoms with Crippen molar-refractivity contribution in [2.45, 2.75) is 6.92 Å². The Labute approximate surface area is 120 Å². The predicted molar refractivity (Wildman–Crippen MR) is 75.3 cm³/mol. The number of aromatic carboxylic acids is 1. The van der Waals surface area contributed by atoms with Crippen LogP contribution in [-0.4, -0.2) is 22.0 Å². The number of nitrogens with one attached hydrogen (secondary N) is 1. The van der Waals surface area contributed by atoms with Gasteiger partial charge in [0, 0.05) is 6.20 Å². The molecule has 1 aromatic heterocycles. The standard InChI is InChI=1S/C14H11ClN2O3/c1-8-2-4-10(15)12(6-8)17-13(18)9-3-5-11(14(19)20)16-7-9/h2-7H,1H3,(H,17,18)(H,19,20). The second kappa shape index (κ2) is 5.71. The molecule has 0 unspecified atom stereocenters. The van der Waals surface area contributed by atoms with Crippen molar-refractivity contribution in [1.29, 1.82) is 0 Å². The number of carboxylic acid groups (broad SMARTS) is 1. The first kappa shape index (κ1) is 14.0. The molecule has 102 valence electrons. The lowest BCUT2D eigenvalue weighted by molar-refractivity contribution is 0.0690. The van der Waals surface area contributed by atoms with Crippen molar-refractivity contribution in [3.63, 3.8) is 0 Å². The number of hydrogen-bond donors (Lipinski definition) is 2. The van der Waals surface area contributed by atoms with Crippen LogP contribution in [0.4, 0.5) is 5.69 Å². The summed E-state index contributed by atoms with van der Waals surface area (Å²) in [6.07, 6.45) is 1.21. The Morgan fingerprint density at radius 3 is 2.60 bits per heavy atom. The molecule has 0 atom stereocenters. The number of carbonyl (C=O) groups excluding carboxylic acids is 1. The lowest BCUT2D eigenvalue weighted by Crippen LogP contribution is -2.13. The molecule has 0 aliphatic rings. The summed E-state index contributed by atoms with van der Waals surface area (Å²) >= 11 is 5.99. The summed E-state index contributed by atoms with van der Waals surface area (Å²) in [7, 11) is 0. The molecule has 0 saturated carbocycles. The Bertz CT molecular complexity index is 669. The van der Waals surface area contributed by atoms with Gasteiger partial charge in [0.1, 0.15) is 5.69 Å². The van der Waals surface area contributed by atoms with Gasteiger partial charge in [0.2, 0.25) is 0 Å². The Kier molecular flexibility index (Phi) is 4.00. The van der Waals surface area contributed by atoms with E-state index in [1.807, 2.05) is 13.0 Å². The highest BCUT2D eigenvalue weighted by Crippen LogP contribution is 2.23. The number of rotatable bonds is 3. The van der Waals surface area contributed by atoms with Crippen molar-refractivity contribution in [1.82, 2.24) is 4.98 Å². The highest BCUT2D eigenvalue weighted by Gasteiger charge is 2.11. The Morgan fingerprint density at radius 1 is 1.25 bits per heavy atom. The maximum atomic E-state index is 12.0. The SMILES string of the molecule is Cc1ccc(Cl)c(NC(=O)c2ccc(C(=O)O)nc2)c1. The van der Waals surface area contributed by atoms with Gasteiger partial charge in [-0.2, -0.15) is 0 Å². The quantitative estimate of drug-likeness (QED) is 0.911. The van der Waals surface area contributed by atoms with E-state index in [2.05, 4.69) is 10.3 Å². The molecule has 0 spiro atoms. The van der Waals surface area contributed by atoms with Crippen LogP contribution in [0.5, 0.6) is 0 Å². The fraction of sp³-hybridized carbons (Fsp3) is 0.0714. The van der Waals surface area contributed by atoms with Gasteiger partial charge in [-0.05, 0) is 36.8 Å². The number of anilines is 1. The topological polar surface area (TPSA) is 79.3 Å². The zero-order valence-corrected chi connectivity index (χ0v) is 11.3. The highest BCUT2D eigenvalue weighted by molar-refractivity contribution is 6.33. The van der Waals surface area contributed by atoms with E-state index in [1.165, 1.54) is 18.3 Å². The van der Waals surface area contributed by atoms with Gasteiger partial charge in [-0.3, -0.25) is 4.79 Å². The molecular weight excluding hydrogens is 280 g/mol. The largest absolute Gasteiger partial charge is 0.477 e. The summed E-state index contributed by atoms with van der Waals surface area (Å²) in [5.74, 6) is -1.54. The van der Waals surface area contributed by atoms with Crippen LogP contribution < -0.4 is 5.32 Å². The number of carbonyl (C=O) groups is 2. The van der Waals surface area contributed by atoms with E-state index in [0.29, 0.717) is 10.7 Å². The van der Waals surface area contributed by atoms with Gasteiger partial charge < -0.3 is 10.4 Å². The number of benzene rings is 1.